The Morgan fingerprint density at radius 2 is 2.06 bits per heavy atom. The molecule has 1 aliphatic carbocycles. The van der Waals surface area contributed by atoms with Crippen molar-refractivity contribution in [2.45, 2.75) is 25.4 Å². The molecular weight excluding hydrogens is 236 g/mol. The normalized spacial score (nSPS) is 17.2. The van der Waals surface area contributed by atoms with Crippen LogP contribution in [-0.4, -0.2) is 36.2 Å². The lowest BCUT2D eigenvalue weighted by Crippen LogP contribution is -2.31. The van der Waals surface area contributed by atoms with Gasteiger partial charge in [0.05, 0.1) is 6.10 Å². The predicted molar refractivity (Wildman–Crippen MR) is 66.3 cm³/mol. The summed E-state index contributed by atoms with van der Waals surface area (Å²) in [4.78, 5) is 2.03. The zero-order chi connectivity index (χ0) is 13.1. The molecule has 0 aliphatic heterocycles. The molecule has 4 heteroatoms. The summed E-state index contributed by atoms with van der Waals surface area (Å²) in [6.45, 7) is 1.38. The molecule has 0 radical (unpaired) electrons. The molecule has 1 aliphatic rings. The van der Waals surface area contributed by atoms with Crippen LogP contribution in [0.4, 0.5) is 8.78 Å². The third-order valence-corrected chi connectivity index (χ3v) is 3.43. The molecule has 1 atom stereocenters. The minimum atomic E-state index is -0.809. The summed E-state index contributed by atoms with van der Waals surface area (Å²) in [7, 11) is 1.94. The first-order chi connectivity index (χ1) is 8.56. The number of likely N-dealkylation sites (N-methyl/N-ethyl adjacent to an activating group) is 1. The van der Waals surface area contributed by atoms with Crippen molar-refractivity contribution >= 4 is 0 Å². The van der Waals surface area contributed by atoms with E-state index in [-0.39, 0.29) is 6.10 Å². The summed E-state index contributed by atoms with van der Waals surface area (Å²) >= 11 is 0. The molecule has 1 N–H and O–H groups in total. The highest BCUT2D eigenvalue weighted by Gasteiger charge is 2.30. The highest BCUT2D eigenvalue weighted by atomic mass is 19.2. The Bertz CT molecular complexity index is 407. The van der Waals surface area contributed by atoms with Gasteiger partial charge in [-0.2, -0.15) is 0 Å². The maximum atomic E-state index is 13.0. The fourth-order valence-electron chi connectivity index (χ4n) is 2.06. The van der Waals surface area contributed by atoms with Gasteiger partial charge in [-0.1, -0.05) is 6.07 Å². The average molecular weight is 255 g/mol. The quantitative estimate of drug-likeness (QED) is 0.842. The zero-order valence-electron chi connectivity index (χ0n) is 10.6. The SMILES string of the molecule is CN(CCc1ccc(F)c(F)c1)CC(O)C1CC1. The van der Waals surface area contributed by atoms with Crippen LogP contribution in [-0.2, 0) is 6.42 Å². The first-order valence-corrected chi connectivity index (χ1v) is 6.37. The van der Waals surface area contributed by atoms with E-state index in [1.165, 1.54) is 6.07 Å². The molecule has 1 unspecified atom stereocenters. The van der Waals surface area contributed by atoms with Crippen molar-refractivity contribution in [2.75, 3.05) is 20.1 Å². The van der Waals surface area contributed by atoms with E-state index < -0.39 is 11.6 Å². The number of benzene rings is 1. The van der Waals surface area contributed by atoms with E-state index in [1.807, 2.05) is 11.9 Å². The van der Waals surface area contributed by atoms with Gasteiger partial charge >= 0.3 is 0 Å². The van der Waals surface area contributed by atoms with Gasteiger partial charge in [0.1, 0.15) is 0 Å². The topological polar surface area (TPSA) is 23.5 Å². The zero-order valence-corrected chi connectivity index (χ0v) is 10.6. The van der Waals surface area contributed by atoms with E-state index in [0.717, 1.165) is 31.0 Å². The van der Waals surface area contributed by atoms with Crippen LogP contribution in [0.15, 0.2) is 18.2 Å². The van der Waals surface area contributed by atoms with Crippen LogP contribution in [0.2, 0.25) is 0 Å². The van der Waals surface area contributed by atoms with Gasteiger partial charge in [-0.05, 0) is 49.9 Å². The van der Waals surface area contributed by atoms with Crippen LogP contribution in [0.3, 0.4) is 0 Å². The number of halogens is 2. The van der Waals surface area contributed by atoms with E-state index >= 15 is 0 Å². The van der Waals surface area contributed by atoms with Gasteiger partial charge in [0.2, 0.25) is 0 Å². The second kappa shape index (κ2) is 5.76. The number of hydrogen-bond acceptors (Lipinski definition) is 2. The van der Waals surface area contributed by atoms with E-state index in [9.17, 15) is 13.9 Å². The summed E-state index contributed by atoms with van der Waals surface area (Å²) in [5, 5.41) is 9.79. The van der Waals surface area contributed by atoms with Crippen LogP contribution < -0.4 is 0 Å². The van der Waals surface area contributed by atoms with E-state index in [2.05, 4.69) is 0 Å². The van der Waals surface area contributed by atoms with Crippen LogP contribution in [0.25, 0.3) is 0 Å². The molecule has 0 bridgehead atoms. The molecule has 18 heavy (non-hydrogen) atoms. The van der Waals surface area contributed by atoms with Gasteiger partial charge in [-0.15, -0.1) is 0 Å². The van der Waals surface area contributed by atoms with E-state index in [0.29, 0.717) is 18.9 Å². The molecular formula is C14H19F2NO. The molecule has 1 saturated carbocycles. The van der Waals surface area contributed by atoms with Crippen molar-refractivity contribution in [1.29, 1.82) is 0 Å². The number of hydrogen-bond donors (Lipinski definition) is 1. The minimum absolute atomic E-state index is 0.250. The standard InChI is InChI=1S/C14H19F2NO/c1-17(9-14(18)11-3-4-11)7-6-10-2-5-12(15)13(16)8-10/h2,5,8,11,14,18H,3-4,6-7,9H2,1H3. The van der Waals surface area contributed by atoms with Crippen molar-refractivity contribution in [2.24, 2.45) is 5.92 Å². The van der Waals surface area contributed by atoms with Gasteiger partial charge in [0.25, 0.3) is 0 Å². The Balaban J connectivity index is 1.77. The Morgan fingerprint density at radius 1 is 1.33 bits per heavy atom. The summed E-state index contributed by atoms with van der Waals surface area (Å²) in [6, 6.07) is 3.99. The number of aliphatic hydroxyl groups is 1. The number of rotatable bonds is 6. The van der Waals surface area contributed by atoms with E-state index in [1.54, 1.807) is 6.07 Å². The fraction of sp³-hybridized carbons (Fsp3) is 0.571. The molecule has 0 spiro atoms. The molecule has 0 amide bonds. The van der Waals surface area contributed by atoms with Crippen molar-refractivity contribution in [1.82, 2.24) is 4.90 Å². The molecule has 2 rings (SSSR count). The highest BCUT2D eigenvalue weighted by molar-refractivity contribution is 5.18. The van der Waals surface area contributed by atoms with Crippen LogP contribution >= 0.6 is 0 Å². The van der Waals surface area contributed by atoms with Crippen molar-refractivity contribution in [3.05, 3.63) is 35.4 Å². The monoisotopic (exact) mass is 255 g/mol. The minimum Gasteiger partial charge on any atom is -0.392 e. The Hall–Kier alpha value is -1.00. The third kappa shape index (κ3) is 3.75. The number of nitrogens with zero attached hydrogens (tertiary/aromatic N) is 1. The maximum Gasteiger partial charge on any atom is 0.159 e. The molecule has 0 heterocycles. The van der Waals surface area contributed by atoms with Crippen LogP contribution in [0.1, 0.15) is 18.4 Å². The van der Waals surface area contributed by atoms with Crippen molar-refractivity contribution in [3.63, 3.8) is 0 Å². The molecule has 0 aromatic heterocycles. The molecule has 1 fully saturated rings. The fourth-order valence-corrected chi connectivity index (χ4v) is 2.06. The van der Waals surface area contributed by atoms with Crippen LogP contribution in [0, 0.1) is 17.6 Å². The second-order valence-electron chi connectivity index (χ2n) is 5.17. The van der Waals surface area contributed by atoms with Gasteiger partial charge in [0.15, 0.2) is 11.6 Å². The Kier molecular flexibility index (Phi) is 4.30. The van der Waals surface area contributed by atoms with Crippen molar-refractivity contribution in [3.8, 4) is 0 Å². The van der Waals surface area contributed by atoms with Crippen LogP contribution in [0.5, 0.6) is 0 Å². The Labute approximate surface area is 106 Å². The Morgan fingerprint density at radius 3 is 2.67 bits per heavy atom. The maximum absolute atomic E-state index is 13.0. The largest absolute Gasteiger partial charge is 0.392 e. The summed E-state index contributed by atoms with van der Waals surface area (Å²) in [6.07, 6.45) is 2.65. The van der Waals surface area contributed by atoms with E-state index in [4.69, 9.17) is 0 Å². The lowest BCUT2D eigenvalue weighted by atomic mass is 10.1. The van der Waals surface area contributed by atoms with Gasteiger partial charge in [0, 0.05) is 13.1 Å². The second-order valence-corrected chi connectivity index (χ2v) is 5.17. The van der Waals surface area contributed by atoms with Gasteiger partial charge in [-0.25, -0.2) is 8.78 Å². The smallest absolute Gasteiger partial charge is 0.159 e. The molecule has 1 aromatic carbocycles. The molecule has 100 valence electrons. The van der Waals surface area contributed by atoms with Gasteiger partial charge in [-0.3, -0.25) is 0 Å². The third-order valence-electron chi connectivity index (χ3n) is 3.43. The van der Waals surface area contributed by atoms with Crippen molar-refractivity contribution < 1.29 is 13.9 Å². The first kappa shape index (κ1) is 13.4. The predicted octanol–water partition coefficient (Wildman–Crippen LogP) is 2.21. The summed E-state index contributed by atoms with van der Waals surface area (Å²) in [5.74, 6) is -1.14. The average Bonchev–Trinajstić information content (AvgIpc) is 3.14. The highest BCUT2D eigenvalue weighted by Crippen LogP contribution is 2.32. The lowest BCUT2D eigenvalue weighted by Gasteiger charge is -2.20. The first-order valence-electron chi connectivity index (χ1n) is 6.37. The van der Waals surface area contributed by atoms with Gasteiger partial charge < -0.3 is 10.0 Å². The molecule has 0 saturated heterocycles. The lowest BCUT2D eigenvalue weighted by molar-refractivity contribution is 0.107. The molecule has 2 nitrogen and oxygen atoms in total. The summed E-state index contributed by atoms with van der Waals surface area (Å²) < 4.78 is 25.7. The molecule has 1 aromatic rings. The summed E-state index contributed by atoms with van der Waals surface area (Å²) in [5.41, 5.74) is 0.779. The number of aliphatic hydroxyl groups excluding tert-OH is 1.